The van der Waals surface area contributed by atoms with E-state index >= 15 is 0 Å². The lowest BCUT2D eigenvalue weighted by molar-refractivity contribution is 0.0954. The van der Waals surface area contributed by atoms with E-state index < -0.39 is 0 Å². The van der Waals surface area contributed by atoms with Gasteiger partial charge in [-0.05, 0) is 54.7 Å². The molecular weight excluding hydrogens is 336 g/mol. The molecule has 0 saturated carbocycles. The molecule has 25 heavy (non-hydrogen) atoms. The Morgan fingerprint density at radius 2 is 2.20 bits per heavy atom. The Hall–Kier alpha value is -1.65. The summed E-state index contributed by atoms with van der Waals surface area (Å²) < 4.78 is 7.13. The summed E-state index contributed by atoms with van der Waals surface area (Å²) in [4.78, 5) is 17.2. The van der Waals surface area contributed by atoms with Crippen molar-refractivity contribution in [2.45, 2.75) is 32.6 Å². The molecule has 1 aliphatic rings. The van der Waals surface area contributed by atoms with Crippen molar-refractivity contribution in [3.05, 3.63) is 36.0 Å². The van der Waals surface area contributed by atoms with Crippen molar-refractivity contribution in [1.29, 1.82) is 0 Å². The van der Waals surface area contributed by atoms with E-state index in [9.17, 15) is 4.79 Å². The molecule has 5 heteroatoms. The normalized spacial score (nSPS) is 21.4. The van der Waals surface area contributed by atoms with Gasteiger partial charge in [0.1, 0.15) is 5.75 Å². The Labute approximate surface area is 154 Å². The van der Waals surface area contributed by atoms with E-state index in [1.54, 1.807) is 13.3 Å². The molecule has 0 radical (unpaired) electrons. The summed E-state index contributed by atoms with van der Waals surface area (Å²) in [7, 11) is 1.63. The predicted octanol–water partition coefficient (Wildman–Crippen LogP) is 4.71. The molecule has 0 amide bonds. The highest BCUT2D eigenvalue weighted by molar-refractivity contribution is 6.13. The maximum atomic E-state index is 12.8. The summed E-state index contributed by atoms with van der Waals surface area (Å²) in [5, 5.41) is 0.899. The van der Waals surface area contributed by atoms with Crippen LogP contribution in [0.15, 0.2) is 30.5 Å². The second-order valence-corrected chi connectivity index (χ2v) is 7.27. The highest BCUT2D eigenvalue weighted by Gasteiger charge is 2.27. The number of ether oxygens (including phenoxy) is 1. The summed E-state index contributed by atoms with van der Waals surface area (Å²) in [6.45, 7) is 4.04. The molecule has 134 valence electrons. The maximum Gasteiger partial charge on any atom is 0.163 e. The standard InChI is InChI=1S/C20H25ClN2O2/c1-3-14-13-23(21)11-9-15(14)4-7-20(24)18-8-10-22-19-12-16(25-2)5-6-17(18)19/h5-6,8,10,12,14-15H,3-4,7,9,11,13H2,1-2H3. The first-order chi connectivity index (χ1) is 12.1. The van der Waals surface area contributed by atoms with Crippen molar-refractivity contribution in [2.75, 3.05) is 20.2 Å². The molecule has 4 nitrogen and oxygen atoms in total. The predicted molar refractivity (Wildman–Crippen MR) is 101 cm³/mol. The Morgan fingerprint density at radius 1 is 1.36 bits per heavy atom. The Balaban J connectivity index is 1.72. The van der Waals surface area contributed by atoms with Crippen LogP contribution >= 0.6 is 11.8 Å². The van der Waals surface area contributed by atoms with E-state index in [1.165, 1.54) is 0 Å². The van der Waals surface area contributed by atoms with Gasteiger partial charge >= 0.3 is 0 Å². The van der Waals surface area contributed by atoms with Gasteiger partial charge in [-0.3, -0.25) is 9.78 Å². The van der Waals surface area contributed by atoms with Crippen LogP contribution in [-0.2, 0) is 0 Å². The number of ketones is 1. The number of hydrogen-bond donors (Lipinski definition) is 0. The van der Waals surface area contributed by atoms with Crippen LogP contribution in [0.5, 0.6) is 5.75 Å². The first kappa shape index (κ1) is 18.2. The summed E-state index contributed by atoms with van der Waals surface area (Å²) >= 11 is 6.15. The van der Waals surface area contributed by atoms with E-state index in [1.807, 2.05) is 28.7 Å². The lowest BCUT2D eigenvalue weighted by atomic mass is 9.81. The number of methoxy groups -OCH3 is 1. The highest BCUT2D eigenvalue weighted by atomic mass is 35.5. The third-order valence-corrected chi connectivity index (χ3v) is 5.67. The number of hydrogen-bond acceptors (Lipinski definition) is 4. The van der Waals surface area contributed by atoms with Gasteiger partial charge in [0.05, 0.1) is 12.6 Å². The number of aromatic nitrogens is 1. The number of benzene rings is 1. The lowest BCUT2D eigenvalue weighted by Gasteiger charge is -2.34. The quantitative estimate of drug-likeness (QED) is 0.552. The van der Waals surface area contributed by atoms with E-state index in [4.69, 9.17) is 16.5 Å². The van der Waals surface area contributed by atoms with Crippen molar-refractivity contribution in [1.82, 2.24) is 9.40 Å². The Kier molecular flexibility index (Phi) is 5.92. The number of Topliss-reactive ketones (excluding diaryl/α,β-unsaturated/α-hetero) is 1. The van der Waals surface area contributed by atoms with Gasteiger partial charge in [-0.1, -0.05) is 13.3 Å². The minimum Gasteiger partial charge on any atom is -0.497 e. The zero-order chi connectivity index (χ0) is 17.8. The first-order valence-electron chi connectivity index (χ1n) is 8.99. The molecule has 1 aliphatic heterocycles. The Bertz CT molecular complexity index is 750. The molecular formula is C20H25ClN2O2. The molecule has 2 unspecified atom stereocenters. The second kappa shape index (κ2) is 8.15. The monoisotopic (exact) mass is 360 g/mol. The fourth-order valence-corrected chi connectivity index (χ4v) is 4.10. The molecule has 0 aliphatic carbocycles. The lowest BCUT2D eigenvalue weighted by Crippen LogP contribution is -2.35. The molecule has 1 saturated heterocycles. The van der Waals surface area contributed by atoms with Gasteiger partial charge in [-0.2, -0.15) is 0 Å². The zero-order valence-corrected chi connectivity index (χ0v) is 15.6. The van der Waals surface area contributed by atoms with E-state index in [-0.39, 0.29) is 5.78 Å². The molecule has 0 bridgehead atoms. The fraction of sp³-hybridized carbons (Fsp3) is 0.500. The minimum atomic E-state index is 0.195. The number of fused-ring (bicyclic) bond motifs is 1. The average molecular weight is 361 g/mol. The van der Waals surface area contributed by atoms with Crippen LogP contribution < -0.4 is 4.74 Å². The minimum absolute atomic E-state index is 0.195. The fourth-order valence-electron chi connectivity index (χ4n) is 3.83. The summed E-state index contributed by atoms with van der Waals surface area (Å²) in [5.41, 5.74) is 1.56. The highest BCUT2D eigenvalue weighted by Crippen LogP contribution is 2.31. The van der Waals surface area contributed by atoms with Crippen molar-refractivity contribution >= 4 is 28.5 Å². The second-order valence-electron chi connectivity index (χ2n) is 6.79. The number of halogens is 1. The van der Waals surface area contributed by atoms with Gasteiger partial charge in [0.2, 0.25) is 0 Å². The molecule has 2 heterocycles. The van der Waals surface area contributed by atoms with E-state index in [0.29, 0.717) is 18.3 Å². The van der Waals surface area contributed by atoms with Crippen molar-refractivity contribution in [3.63, 3.8) is 0 Å². The first-order valence-corrected chi connectivity index (χ1v) is 9.32. The number of rotatable bonds is 6. The topological polar surface area (TPSA) is 42.4 Å². The summed E-state index contributed by atoms with van der Waals surface area (Å²) in [6, 6.07) is 7.50. The van der Waals surface area contributed by atoms with Crippen LogP contribution in [0.1, 0.15) is 43.0 Å². The van der Waals surface area contributed by atoms with E-state index in [2.05, 4.69) is 11.9 Å². The number of carbonyl (C=O) groups excluding carboxylic acids is 1. The van der Waals surface area contributed by atoms with Crippen LogP contribution in [0, 0.1) is 11.8 Å². The molecule has 0 N–H and O–H groups in total. The summed E-state index contributed by atoms with van der Waals surface area (Å²) in [6.07, 6.45) is 5.40. The molecule has 2 aromatic rings. The van der Waals surface area contributed by atoms with Gasteiger partial charge in [0.15, 0.2) is 5.78 Å². The Morgan fingerprint density at radius 3 is 2.96 bits per heavy atom. The van der Waals surface area contributed by atoms with Crippen LogP contribution in [-0.4, -0.2) is 35.4 Å². The van der Waals surface area contributed by atoms with Gasteiger partial charge < -0.3 is 4.74 Å². The molecule has 0 spiro atoms. The number of carbonyl (C=O) groups is 1. The molecule has 1 aromatic carbocycles. The van der Waals surface area contributed by atoms with Crippen molar-refractivity contribution in [3.8, 4) is 5.75 Å². The molecule has 1 aromatic heterocycles. The molecule has 3 rings (SSSR count). The third kappa shape index (κ3) is 4.13. The smallest absolute Gasteiger partial charge is 0.163 e. The van der Waals surface area contributed by atoms with E-state index in [0.717, 1.165) is 54.6 Å². The van der Waals surface area contributed by atoms with Crippen LogP contribution in [0.2, 0.25) is 0 Å². The molecule has 2 atom stereocenters. The van der Waals surface area contributed by atoms with Crippen molar-refractivity contribution < 1.29 is 9.53 Å². The van der Waals surface area contributed by atoms with Gasteiger partial charge in [-0.25, -0.2) is 4.42 Å². The van der Waals surface area contributed by atoms with Crippen LogP contribution in [0.4, 0.5) is 0 Å². The number of pyridine rings is 1. The SMILES string of the molecule is CCC1CN(Cl)CCC1CCC(=O)c1ccnc2cc(OC)ccc12. The van der Waals surface area contributed by atoms with Crippen LogP contribution in [0.3, 0.4) is 0 Å². The summed E-state index contributed by atoms with van der Waals surface area (Å²) in [5.74, 6) is 2.11. The zero-order valence-electron chi connectivity index (χ0n) is 14.9. The number of piperidine rings is 1. The average Bonchev–Trinajstić information content (AvgIpc) is 2.65. The maximum absolute atomic E-state index is 12.8. The number of nitrogens with zero attached hydrogens (tertiary/aromatic N) is 2. The van der Waals surface area contributed by atoms with Gasteiger partial charge in [0.25, 0.3) is 0 Å². The van der Waals surface area contributed by atoms with Gasteiger partial charge in [-0.15, -0.1) is 0 Å². The van der Waals surface area contributed by atoms with Gasteiger partial charge in [0, 0.05) is 42.7 Å². The largest absolute Gasteiger partial charge is 0.497 e. The van der Waals surface area contributed by atoms with Crippen molar-refractivity contribution in [2.24, 2.45) is 11.8 Å². The van der Waals surface area contributed by atoms with Crippen LogP contribution in [0.25, 0.3) is 10.9 Å². The third-order valence-electron chi connectivity index (χ3n) is 5.36. The molecule has 1 fully saturated rings.